The van der Waals surface area contributed by atoms with Crippen LogP contribution in [0.4, 0.5) is 9.18 Å². The summed E-state index contributed by atoms with van der Waals surface area (Å²) in [6.45, 7) is 6.42. The van der Waals surface area contributed by atoms with Crippen molar-refractivity contribution < 1.29 is 18.7 Å². The van der Waals surface area contributed by atoms with E-state index in [1.54, 1.807) is 17.0 Å². The molecule has 0 N–H and O–H groups in total. The van der Waals surface area contributed by atoms with Gasteiger partial charge in [-0.25, -0.2) is 9.18 Å². The second kappa shape index (κ2) is 6.86. The van der Waals surface area contributed by atoms with Gasteiger partial charge in [0.05, 0.1) is 6.04 Å². The van der Waals surface area contributed by atoms with Crippen LogP contribution in [-0.2, 0) is 4.74 Å². The predicted molar refractivity (Wildman–Crippen MR) is 85.6 cm³/mol. The first-order valence-electron chi connectivity index (χ1n) is 7.34. The molecule has 0 bridgehead atoms. The van der Waals surface area contributed by atoms with Crippen molar-refractivity contribution in [2.45, 2.75) is 45.3 Å². The third kappa shape index (κ3) is 4.60. The molecule has 0 unspecified atom stereocenters. The van der Waals surface area contributed by atoms with Gasteiger partial charge in [-0.3, -0.25) is 0 Å². The van der Waals surface area contributed by atoms with Crippen LogP contribution in [0.15, 0.2) is 22.7 Å². The Balaban J connectivity index is 1.95. The van der Waals surface area contributed by atoms with E-state index in [2.05, 4.69) is 15.9 Å². The Labute approximate surface area is 138 Å². The van der Waals surface area contributed by atoms with Crippen molar-refractivity contribution in [2.24, 2.45) is 0 Å². The molecule has 2 rings (SSSR count). The Bertz CT molecular complexity index is 545. The van der Waals surface area contributed by atoms with E-state index in [1.165, 1.54) is 6.07 Å². The van der Waals surface area contributed by atoms with Gasteiger partial charge in [0.2, 0.25) is 0 Å². The zero-order chi connectivity index (χ0) is 16.3. The van der Waals surface area contributed by atoms with Gasteiger partial charge < -0.3 is 14.4 Å². The summed E-state index contributed by atoms with van der Waals surface area (Å²) in [6, 6.07) is 4.57. The highest BCUT2D eigenvalue weighted by molar-refractivity contribution is 9.10. The summed E-state index contributed by atoms with van der Waals surface area (Å²) < 4.78 is 25.3. The molecule has 1 heterocycles. The molecule has 1 aromatic rings. The molecule has 1 aromatic carbocycles. The standard InChI is InChI=1S/C16H21BrFNO3/c1-16(2,3)22-15(20)19-8-4-5-12(19)10-21-14-7-6-11(17)9-13(14)18/h6-7,9,12H,4-5,8,10H2,1-3H3/t12-/m0/s1. The zero-order valence-corrected chi connectivity index (χ0v) is 14.7. The molecule has 1 fully saturated rings. The Morgan fingerprint density at radius 1 is 1.45 bits per heavy atom. The van der Waals surface area contributed by atoms with Crippen LogP contribution in [0.1, 0.15) is 33.6 Å². The number of amides is 1. The van der Waals surface area contributed by atoms with Crippen LogP contribution in [0.2, 0.25) is 0 Å². The fraction of sp³-hybridized carbons (Fsp3) is 0.562. The molecule has 0 aromatic heterocycles. The first-order valence-corrected chi connectivity index (χ1v) is 8.13. The smallest absolute Gasteiger partial charge is 0.410 e. The van der Waals surface area contributed by atoms with Crippen molar-refractivity contribution in [3.8, 4) is 5.75 Å². The Morgan fingerprint density at radius 3 is 2.82 bits per heavy atom. The normalized spacial score (nSPS) is 18.4. The van der Waals surface area contributed by atoms with E-state index in [4.69, 9.17) is 9.47 Å². The third-order valence-corrected chi connectivity index (χ3v) is 3.82. The summed E-state index contributed by atoms with van der Waals surface area (Å²) in [5.74, 6) is -0.226. The van der Waals surface area contributed by atoms with E-state index >= 15 is 0 Å². The molecular weight excluding hydrogens is 353 g/mol. The number of rotatable bonds is 3. The first kappa shape index (κ1) is 17.1. The molecule has 0 radical (unpaired) electrons. The third-order valence-electron chi connectivity index (χ3n) is 3.33. The lowest BCUT2D eigenvalue weighted by Crippen LogP contribution is -2.42. The minimum Gasteiger partial charge on any atom is -0.488 e. The number of carbonyl (C=O) groups is 1. The highest BCUT2D eigenvalue weighted by atomic mass is 79.9. The molecule has 1 amide bonds. The number of hydrogen-bond donors (Lipinski definition) is 0. The maximum atomic E-state index is 13.7. The van der Waals surface area contributed by atoms with Crippen LogP contribution in [0.25, 0.3) is 0 Å². The second-order valence-electron chi connectivity index (χ2n) is 6.36. The Hall–Kier alpha value is -1.30. The summed E-state index contributed by atoms with van der Waals surface area (Å²) in [4.78, 5) is 13.8. The molecule has 0 aliphatic carbocycles. The largest absolute Gasteiger partial charge is 0.488 e. The molecule has 1 aliphatic rings. The second-order valence-corrected chi connectivity index (χ2v) is 7.27. The van der Waals surface area contributed by atoms with E-state index < -0.39 is 11.4 Å². The Kier molecular flexibility index (Phi) is 5.32. The first-order chi connectivity index (χ1) is 10.3. The molecule has 22 heavy (non-hydrogen) atoms. The quantitative estimate of drug-likeness (QED) is 0.789. The minimum absolute atomic E-state index is 0.0853. The number of ether oxygens (including phenoxy) is 2. The SMILES string of the molecule is CC(C)(C)OC(=O)N1CCC[C@H]1COc1ccc(Br)cc1F. The number of halogens is 2. The number of benzene rings is 1. The van der Waals surface area contributed by atoms with Gasteiger partial charge in [-0.2, -0.15) is 0 Å². The molecule has 0 spiro atoms. The molecule has 122 valence electrons. The monoisotopic (exact) mass is 373 g/mol. The van der Waals surface area contributed by atoms with Crippen LogP contribution < -0.4 is 4.74 Å². The topological polar surface area (TPSA) is 38.8 Å². The van der Waals surface area contributed by atoms with Crippen LogP contribution in [0.5, 0.6) is 5.75 Å². The zero-order valence-electron chi connectivity index (χ0n) is 13.1. The van der Waals surface area contributed by atoms with E-state index in [0.29, 0.717) is 11.0 Å². The van der Waals surface area contributed by atoms with E-state index in [0.717, 1.165) is 12.8 Å². The van der Waals surface area contributed by atoms with Gasteiger partial charge in [-0.1, -0.05) is 15.9 Å². The average Bonchev–Trinajstić information content (AvgIpc) is 2.84. The predicted octanol–water partition coefficient (Wildman–Crippen LogP) is 4.37. The van der Waals surface area contributed by atoms with Crippen molar-refractivity contribution in [1.82, 2.24) is 4.90 Å². The van der Waals surface area contributed by atoms with Crippen LogP contribution >= 0.6 is 15.9 Å². The maximum Gasteiger partial charge on any atom is 0.410 e. The van der Waals surface area contributed by atoms with Gasteiger partial charge in [0.15, 0.2) is 11.6 Å². The van der Waals surface area contributed by atoms with E-state index in [-0.39, 0.29) is 24.5 Å². The maximum absolute atomic E-state index is 13.7. The number of hydrogen-bond acceptors (Lipinski definition) is 3. The van der Waals surface area contributed by atoms with Gasteiger partial charge in [0.25, 0.3) is 0 Å². The number of nitrogens with zero attached hydrogens (tertiary/aromatic N) is 1. The van der Waals surface area contributed by atoms with Gasteiger partial charge in [-0.05, 0) is 51.8 Å². The lowest BCUT2D eigenvalue weighted by Gasteiger charge is -2.28. The summed E-state index contributed by atoms with van der Waals surface area (Å²) >= 11 is 3.21. The lowest BCUT2D eigenvalue weighted by atomic mass is 10.2. The fourth-order valence-corrected chi connectivity index (χ4v) is 2.68. The summed E-state index contributed by atoms with van der Waals surface area (Å²) in [7, 11) is 0. The van der Waals surface area contributed by atoms with Crippen molar-refractivity contribution in [3.05, 3.63) is 28.5 Å². The van der Waals surface area contributed by atoms with Crippen LogP contribution in [0.3, 0.4) is 0 Å². The molecular formula is C16H21BrFNO3. The van der Waals surface area contributed by atoms with Gasteiger partial charge in [0.1, 0.15) is 12.2 Å². The van der Waals surface area contributed by atoms with Crippen molar-refractivity contribution >= 4 is 22.0 Å². The molecule has 1 aliphatic heterocycles. The van der Waals surface area contributed by atoms with Crippen molar-refractivity contribution in [2.75, 3.05) is 13.2 Å². The average molecular weight is 374 g/mol. The lowest BCUT2D eigenvalue weighted by molar-refractivity contribution is 0.0186. The van der Waals surface area contributed by atoms with Crippen molar-refractivity contribution in [1.29, 1.82) is 0 Å². The van der Waals surface area contributed by atoms with Crippen LogP contribution in [0, 0.1) is 5.82 Å². The summed E-state index contributed by atoms with van der Waals surface area (Å²) in [5, 5.41) is 0. The van der Waals surface area contributed by atoms with Gasteiger partial charge in [0, 0.05) is 11.0 Å². The number of carbonyl (C=O) groups excluding carboxylic acids is 1. The molecule has 4 nitrogen and oxygen atoms in total. The highest BCUT2D eigenvalue weighted by Gasteiger charge is 2.32. The summed E-state index contributed by atoms with van der Waals surface area (Å²) in [5.41, 5.74) is -0.525. The molecule has 1 atom stereocenters. The van der Waals surface area contributed by atoms with Gasteiger partial charge >= 0.3 is 6.09 Å². The van der Waals surface area contributed by atoms with Gasteiger partial charge in [-0.15, -0.1) is 0 Å². The Morgan fingerprint density at radius 2 is 2.18 bits per heavy atom. The fourth-order valence-electron chi connectivity index (χ4n) is 2.35. The number of likely N-dealkylation sites (tertiary alicyclic amines) is 1. The molecule has 6 heteroatoms. The molecule has 1 saturated heterocycles. The van der Waals surface area contributed by atoms with E-state index in [1.807, 2.05) is 20.8 Å². The van der Waals surface area contributed by atoms with Crippen LogP contribution in [-0.4, -0.2) is 35.8 Å². The summed E-state index contributed by atoms with van der Waals surface area (Å²) in [6.07, 6.45) is 1.39. The van der Waals surface area contributed by atoms with E-state index in [9.17, 15) is 9.18 Å². The van der Waals surface area contributed by atoms with Crippen molar-refractivity contribution in [3.63, 3.8) is 0 Å². The molecule has 0 saturated carbocycles. The highest BCUT2D eigenvalue weighted by Crippen LogP contribution is 2.25. The minimum atomic E-state index is -0.525.